The number of thiazole rings is 1. The molecule has 2 N–H and O–H groups in total. The first kappa shape index (κ1) is 17.7. The van der Waals surface area contributed by atoms with E-state index in [-0.39, 0.29) is 23.9 Å². The third-order valence-electron chi connectivity index (χ3n) is 3.91. The first-order valence-electron chi connectivity index (χ1n) is 7.99. The highest BCUT2D eigenvalue weighted by atomic mass is 32.1. The molecule has 1 fully saturated rings. The van der Waals surface area contributed by atoms with Gasteiger partial charge in [-0.25, -0.2) is 9.78 Å². The number of carbonyl (C=O) groups excluding carboxylic acids is 2. The number of urea groups is 1. The zero-order valence-corrected chi connectivity index (χ0v) is 15.3. The van der Waals surface area contributed by atoms with E-state index in [1.165, 1.54) is 0 Å². The zero-order valence-electron chi connectivity index (χ0n) is 14.5. The van der Waals surface area contributed by atoms with Crippen molar-refractivity contribution in [2.75, 3.05) is 13.1 Å². The molecular weight excluding hydrogens is 312 g/mol. The minimum Gasteiger partial charge on any atom is -0.340 e. The van der Waals surface area contributed by atoms with Crippen LogP contribution in [0.1, 0.15) is 44.0 Å². The first-order valence-corrected chi connectivity index (χ1v) is 8.81. The van der Waals surface area contributed by atoms with Gasteiger partial charge in [0, 0.05) is 36.1 Å². The Morgan fingerprint density at radius 3 is 2.70 bits per heavy atom. The fourth-order valence-corrected chi connectivity index (χ4v) is 3.47. The van der Waals surface area contributed by atoms with E-state index in [1.807, 2.05) is 45.7 Å². The molecule has 1 aromatic heterocycles. The Morgan fingerprint density at radius 2 is 2.13 bits per heavy atom. The number of hydrogen-bond donors (Lipinski definition) is 2. The molecule has 0 spiro atoms. The molecule has 1 aliphatic rings. The zero-order chi connectivity index (χ0) is 17.2. The molecule has 1 aliphatic heterocycles. The van der Waals surface area contributed by atoms with Crippen LogP contribution in [0.15, 0.2) is 6.20 Å². The Morgan fingerprint density at radius 1 is 1.43 bits per heavy atom. The number of aryl methyl sites for hydroxylation is 1. The van der Waals surface area contributed by atoms with E-state index in [9.17, 15) is 9.59 Å². The van der Waals surface area contributed by atoms with Gasteiger partial charge in [-0.2, -0.15) is 0 Å². The maximum atomic E-state index is 12.3. The van der Waals surface area contributed by atoms with Crippen LogP contribution in [0.3, 0.4) is 0 Å². The third-order valence-corrected chi connectivity index (χ3v) is 5.15. The molecular formula is C16H26N4O2S. The third kappa shape index (κ3) is 4.43. The number of aromatic nitrogens is 1. The van der Waals surface area contributed by atoms with Crippen LogP contribution in [0.4, 0.5) is 4.79 Å². The van der Waals surface area contributed by atoms with Gasteiger partial charge in [-0.1, -0.05) is 13.8 Å². The van der Waals surface area contributed by atoms with Crippen LogP contribution in [0.25, 0.3) is 0 Å². The summed E-state index contributed by atoms with van der Waals surface area (Å²) in [7, 11) is 0. The predicted molar refractivity (Wildman–Crippen MR) is 91.4 cm³/mol. The highest BCUT2D eigenvalue weighted by Crippen LogP contribution is 2.24. The van der Waals surface area contributed by atoms with Crippen molar-refractivity contribution >= 4 is 23.3 Å². The molecule has 2 heterocycles. The van der Waals surface area contributed by atoms with Crippen LogP contribution in [-0.4, -0.2) is 41.0 Å². The van der Waals surface area contributed by atoms with E-state index < -0.39 is 5.54 Å². The lowest BCUT2D eigenvalue weighted by Gasteiger charge is -2.25. The SMILES string of the molecule is Cc1cnc(C(C)(C)NC(=O)NC2CCN(C(=O)C(C)C)C2)s1. The van der Waals surface area contributed by atoms with Gasteiger partial charge in [0.25, 0.3) is 0 Å². The lowest BCUT2D eigenvalue weighted by atomic mass is 10.1. The van der Waals surface area contributed by atoms with E-state index in [0.29, 0.717) is 13.1 Å². The molecule has 7 heteroatoms. The van der Waals surface area contributed by atoms with Gasteiger partial charge in [-0.05, 0) is 27.2 Å². The number of nitrogens with zero attached hydrogens (tertiary/aromatic N) is 2. The second-order valence-electron chi connectivity index (χ2n) is 6.92. The Balaban J connectivity index is 1.87. The summed E-state index contributed by atoms with van der Waals surface area (Å²) < 4.78 is 0. The van der Waals surface area contributed by atoms with Crippen molar-refractivity contribution in [3.8, 4) is 0 Å². The number of amides is 3. The lowest BCUT2D eigenvalue weighted by Crippen LogP contribution is -2.50. The van der Waals surface area contributed by atoms with E-state index in [2.05, 4.69) is 15.6 Å². The Labute approximate surface area is 141 Å². The molecule has 23 heavy (non-hydrogen) atoms. The second kappa shape index (κ2) is 6.86. The molecule has 2 rings (SSSR count). The standard InChI is InChI=1S/C16H26N4O2S/c1-10(2)13(21)20-7-6-12(9-20)18-15(22)19-16(4,5)14-17-8-11(3)23-14/h8,10,12H,6-7,9H2,1-5H3,(H2,18,19,22). The summed E-state index contributed by atoms with van der Waals surface area (Å²) in [5.41, 5.74) is -0.519. The topological polar surface area (TPSA) is 74.3 Å². The molecule has 1 unspecified atom stereocenters. The van der Waals surface area contributed by atoms with Crippen molar-refractivity contribution < 1.29 is 9.59 Å². The van der Waals surface area contributed by atoms with Gasteiger partial charge in [-0.15, -0.1) is 11.3 Å². The van der Waals surface area contributed by atoms with Crippen LogP contribution in [0.2, 0.25) is 0 Å². The van der Waals surface area contributed by atoms with Crippen molar-refractivity contribution in [1.29, 1.82) is 0 Å². The number of carbonyl (C=O) groups is 2. The van der Waals surface area contributed by atoms with Crippen molar-refractivity contribution in [2.45, 2.75) is 52.6 Å². The quantitative estimate of drug-likeness (QED) is 0.884. The van der Waals surface area contributed by atoms with E-state index in [4.69, 9.17) is 0 Å². The first-order chi connectivity index (χ1) is 10.7. The Hall–Kier alpha value is -1.63. The highest BCUT2D eigenvalue weighted by molar-refractivity contribution is 7.11. The monoisotopic (exact) mass is 338 g/mol. The van der Waals surface area contributed by atoms with Crippen LogP contribution in [0.5, 0.6) is 0 Å². The van der Waals surface area contributed by atoms with Crippen LogP contribution >= 0.6 is 11.3 Å². The summed E-state index contributed by atoms with van der Waals surface area (Å²) in [6, 6.07) is -0.210. The molecule has 1 atom stereocenters. The van der Waals surface area contributed by atoms with E-state index in [1.54, 1.807) is 11.3 Å². The van der Waals surface area contributed by atoms with Gasteiger partial charge in [0.2, 0.25) is 5.91 Å². The van der Waals surface area contributed by atoms with Crippen molar-refractivity contribution in [3.63, 3.8) is 0 Å². The van der Waals surface area contributed by atoms with E-state index in [0.717, 1.165) is 16.3 Å². The maximum Gasteiger partial charge on any atom is 0.315 e. The second-order valence-corrected chi connectivity index (χ2v) is 8.16. The molecule has 3 amide bonds. The Bertz CT molecular complexity index is 582. The molecule has 0 radical (unpaired) electrons. The molecule has 0 aliphatic carbocycles. The molecule has 0 saturated carbocycles. The number of rotatable bonds is 4. The molecule has 0 bridgehead atoms. The maximum absolute atomic E-state index is 12.3. The van der Waals surface area contributed by atoms with Crippen LogP contribution < -0.4 is 10.6 Å². The average molecular weight is 338 g/mol. The van der Waals surface area contributed by atoms with Crippen molar-refractivity contribution in [2.24, 2.45) is 5.92 Å². The largest absolute Gasteiger partial charge is 0.340 e. The molecule has 1 saturated heterocycles. The minimum atomic E-state index is -0.519. The summed E-state index contributed by atoms with van der Waals surface area (Å²) in [4.78, 5) is 31.5. The van der Waals surface area contributed by atoms with Gasteiger partial charge in [0.1, 0.15) is 5.01 Å². The van der Waals surface area contributed by atoms with Gasteiger partial charge in [-0.3, -0.25) is 4.79 Å². The summed E-state index contributed by atoms with van der Waals surface area (Å²) in [5, 5.41) is 6.82. The van der Waals surface area contributed by atoms with Crippen LogP contribution in [-0.2, 0) is 10.3 Å². The van der Waals surface area contributed by atoms with Crippen LogP contribution in [0, 0.1) is 12.8 Å². The molecule has 6 nitrogen and oxygen atoms in total. The number of hydrogen-bond acceptors (Lipinski definition) is 4. The summed E-state index contributed by atoms with van der Waals surface area (Å²) >= 11 is 1.58. The van der Waals surface area contributed by atoms with Gasteiger partial charge in [0.05, 0.1) is 5.54 Å². The summed E-state index contributed by atoms with van der Waals surface area (Å²) in [5.74, 6) is 0.142. The fraction of sp³-hybridized carbons (Fsp3) is 0.688. The van der Waals surface area contributed by atoms with Gasteiger partial charge in [0.15, 0.2) is 0 Å². The van der Waals surface area contributed by atoms with Gasteiger partial charge >= 0.3 is 6.03 Å². The fourth-order valence-electron chi connectivity index (χ4n) is 2.65. The minimum absolute atomic E-state index is 0.00495. The predicted octanol–water partition coefficient (Wildman–Crippen LogP) is 2.24. The molecule has 128 valence electrons. The van der Waals surface area contributed by atoms with Crippen molar-refractivity contribution in [3.05, 3.63) is 16.1 Å². The van der Waals surface area contributed by atoms with Crippen molar-refractivity contribution in [1.82, 2.24) is 20.5 Å². The summed E-state index contributed by atoms with van der Waals surface area (Å²) in [6.45, 7) is 11.0. The normalized spacial score (nSPS) is 18.3. The number of nitrogens with one attached hydrogen (secondary N) is 2. The Kier molecular flexibility index (Phi) is 5.29. The number of likely N-dealkylation sites (tertiary alicyclic amines) is 1. The van der Waals surface area contributed by atoms with E-state index >= 15 is 0 Å². The lowest BCUT2D eigenvalue weighted by molar-refractivity contribution is -0.133. The van der Waals surface area contributed by atoms with Gasteiger partial charge < -0.3 is 15.5 Å². The molecule has 1 aromatic rings. The smallest absolute Gasteiger partial charge is 0.315 e. The molecule has 0 aromatic carbocycles. The summed E-state index contributed by atoms with van der Waals surface area (Å²) in [6.07, 6.45) is 2.61. The average Bonchev–Trinajstić information content (AvgIpc) is 3.06. The highest BCUT2D eigenvalue weighted by Gasteiger charge is 2.31.